The quantitative estimate of drug-likeness (QED) is 0.626. The van der Waals surface area contributed by atoms with Gasteiger partial charge in [0.25, 0.3) is 5.91 Å². The van der Waals surface area contributed by atoms with Gasteiger partial charge in [-0.1, -0.05) is 17.4 Å². The second-order valence-electron chi connectivity index (χ2n) is 5.43. The lowest BCUT2D eigenvalue weighted by Gasteiger charge is -2.02. The summed E-state index contributed by atoms with van der Waals surface area (Å²) in [7, 11) is -3.29. The Morgan fingerprint density at radius 1 is 1.20 bits per heavy atom. The number of halogens is 1. The first kappa shape index (κ1) is 18.0. The zero-order valence-electron chi connectivity index (χ0n) is 13.6. The highest BCUT2D eigenvalue weighted by Gasteiger charge is 2.12. The van der Waals surface area contributed by atoms with E-state index in [-0.39, 0.29) is 4.90 Å². The van der Waals surface area contributed by atoms with E-state index in [0.29, 0.717) is 16.9 Å². The highest BCUT2D eigenvalue weighted by atomic mass is 79.9. The molecule has 0 fully saturated rings. The molecule has 8 heteroatoms. The average molecular weight is 439 g/mol. The van der Waals surface area contributed by atoms with Crippen molar-refractivity contribution in [3.8, 4) is 0 Å². The van der Waals surface area contributed by atoms with Gasteiger partial charge in [-0.05, 0) is 59.3 Å². The van der Waals surface area contributed by atoms with Crippen molar-refractivity contribution in [3.05, 3.63) is 57.3 Å². The van der Waals surface area contributed by atoms with E-state index in [9.17, 15) is 13.2 Å². The Bertz CT molecular complexity index is 1130. The first-order valence-electron chi connectivity index (χ1n) is 7.48. The molecule has 0 N–H and O–H groups in total. The van der Waals surface area contributed by atoms with Gasteiger partial charge in [0, 0.05) is 22.8 Å². The Morgan fingerprint density at radius 2 is 1.88 bits per heavy atom. The molecule has 5 nitrogen and oxygen atoms in total. The fourth-order valence-electron chi connectivity index (χ4n) is 2.46. The van der Waals surface area contributed by atoms with Gasteiger partial charge in [0.2, 0.25) is 0 Å². The van der Waals surface area contributed by atoms with Crippen LogP contribution in [0.2, 0.25) is 0 Å². The number of carbonyl (C=O) groups is 1. The van der Waals surface area contributed by atoms with E-state index in [4.69, 9.17) is 0 Å². The third-order valence-corrected chi connectivity index (χ3v) is 6.51. The van der Waals surface area contributed by atoms with Crippen LogP contribution in [0.4, 0.5) is 0 Å². The van der Waals surface area contributed by atoms with Crippen LogP contribution in [0.5, 0.6) is 0 Å². The molecule has 1 amide bonds. The maximum absolute atomic E-state index is 12.5. The number of thiazole rings is 1. The van der Waals surface area contributed by atoms with Crippen LogP contribution in [0.25, 0.3) is 10.2 Å². The Balaban J connectivity index is 2.07. The average Bonchev–Trinajstić information content (AvgIpc) is 2.92. The number of sulfone groups is 1. The van der Waals surface area contributed by atoms with E-state index in [1.165, 1.54) is 35.6 Å². The summed E-state index contributed by atoms with van der Waals surface area (Å²) in [6.07, 6.45) is 1.13. The fraction of sp³-hybridized carbons (Fsp3) is 0.176. The largest absolute Gasteiger partial charge is 0.316 e. The summed E-state index contributed by atoms with van der Waals surface area (Å²) in [5, 5.41) is 0. The van der Waals surface area contributed by atoms with Gasteiger partial charge in [-0.15, -0.1) is 0 Å². The number of rotatable bonds is 3. The van der Waals surface area contributed by atoms with Crippen molar-refractivity contribution in [2.45, 2.75) is 18.4 Å². The third-order valence-electron chi connectivity index (χ3n) is 3.69. The predicted octanol–water partition coefficient (Wildman–Crippen LogP) is 3.63. The van der Waals surface area contributed by atoms with Crippen molar-refractivity contribution in [2.24, 2.45) is 4.99 Å². The number of nitrogens with zero attached hydrogens (tertiary/aromatic N) is 2. The molecule has 0 radical (unpaired) electrons. The minimum atomic E-state index is -3.29. The van der Waals surface area contributed by atoms with Crippen LogP contribution < -0.4 is 4.80 Å². The number of para-hydroxylation sites is 1. The number of carbonyl (C=O) groups excluding carboxylic acids is 1. The van der Waals surface area contributed by atoms with Crippen molar-refractivity contribution in [2.75, 3.05) is 6.26 Å². The van der Waals surface area contributed by atoms with Gasteiger partial charge in [-0.25, -0.2) is 8.42 Å². The Labute approximate surface area is 157 Å². The minimum Gasteiger partial charge on any atom is -0.316 e. The molecule has 0 unspecified atom stereocenters. The van der Waals surface area contributed by atoms with E-state index < -0.39 is 15.7 Å². The second kappa shape index (κ2) is 6.86. The smallest absolute Gasteiger partial charge is 0.279 e. The minimum absolute atomic E-state index is 0.179. The normalized spacial score (nSPS) is 12.7. The summed E-state index contributed by atoms with van der Waals surface area (Å²) in [6, 6.07) is 11.7. The van der Waals surface area contributed by atoms with Crippen molar-refractivity contribution in [1.29, 1.82) is 0 Å². The van der Waals surface area contributed by atoms with Gasteiger partial charge in [0.1, 0.15) is 0 Å². The number of aromatic nitrogens is 1. The molecule has 3 rings (SSSR count). The van der Waals surface area contributed by atoms with E-state index >= 15 is 0 Å². The SMILES string of the molecule is CCn1c(=NC(=O)c2ccc(S(C)(=O)=O)cc2)sc2cccc(Br)c21. The molecule has 130 valence electrons. The lowest BCUT2D eigenvalue weighted by molar-refractivity contribution is 0.0997. The number of fused-ring (bicyclic) bond motifs is 1. The van der Waals surface area contributed by atoms with Gasteiger partial charge in [-0.2, -0.15) is 4.99 Å². The molecule has 0 aliphatic heterocycles. The summed E-state index contributed by atoms with van der Waals surface area (Å²) in [6.45, 7) is 2.68. The monoisotopic (exact) mass is 438 g/mol. The second-order valence-corrected chi connectivity index (χ2v) is 9.31. The molecule has 1 aromatic heterocycles. The summed E-state index contributed by atoms with van der Waals surface area (Å²) < 4.78 is 27.0. The van der Waals surface area contributed by atoms with E-state index in [2.05, 4.69) is 20.9 Å². The van der Waals surface area contributed by atoms with Crippen LogP contribution in [0.15, 0.2) is 56.8 Å². The molecule has 0 atom stereocenters. The van der Waals surface area contributed by atoms with Crippen LogP contribution in [-0.2, 0) is 16.4 Å². The predicted molar refractivity (Wildman–Crippen MR) is 103 cm³/mol. The molecule has 0 bridgehead atoms. The van der Waals surface area contributed by atoms with Crippen molar-refractivity contribution in [3.63, 3.8) is 0 Å². The zero-order chi connectivity index (χ0) is 18.2. The van der Waals surface area contributed by atoms with Crippen LogP contribution in [-0.4, -0.2) is 25.1 Å². The Hall–Kier alpha value is -1.77. The summed E-state index contributed by atoms with van der Waals surface area (Å²) in [5.74, 6) is -0.398. The molecule has 0 saturated carbocycles. The highest BCUT2D eigenvalue weighted by Crippen LogP contribution is 2.25. The van der Waals surface area contributed by atoms with Crippen LogP contribution in [0.3, 0.4) is 0 Å². The molecule has 0 aliphatic carbocycles. The lowest BCUT2D eigenvalue weighted by Crippen LogP contribution is -2.16. The van der Waals surface area contributed by atoms with Gasteiger partial charge in [0.15, 0.2) is 14.6 Å². The maximum atomic E-state index is 12.5. The number of hydrogen-bond donors (Lipinski definition) is 0. The first-order valence-corrected chi connectivity index (χ1v) is 11.0. The fourth-order valence-corrected chi connectivity index (χ4v) is 4.92. The number of hydrogen-bond acceptors (Lipinski definition) is 4. The molecule has 2 aromatic carbocycles. The first-order chi connectivity index (χ1) is 11.8. The topological polar surface area (TPSA) is 68.5 Å². The van der Waals surface area contributed by atoms with Crippen LogP contribution in [0.1, 0.15) is 17.3 Å². The number of aryl methyl sites for hydroxylation is 1. The Kier molecular flexibility index (Phi) is 4.95. The summed E-state index contributed by atoms with van der Waals surface area (Å²) in [5.41, 5.74) is 1.36. The number of amides is 1. The number of benzene rings is 2. The van der Waals surface area contributed by atoms with Gasteiger partial charge >= 0.3 is 0 Å². The maximum Gasteiger partial charge on any atom is 0.279 e. The Morgan fingerprint density at radius 3 is 2.48 bits per heavy atom. The molecular formula is C17H15BrN2O3S2. The standard InChI is InChI=1S/C17H15BrN2O3S2/c1-3-20-15-13(18)5-4-6-14(15)24-17(20)19-16(21)11-7-9-12(10-8-11)25(2,22)23/h4-10H,3H2,1-2H3. The molecule has 0 spiro atoms. The molecule has 25 heavy (non-hydrogen) atoms. The van der Waals surface area contributed by atoms with E-state index in [1.54, 1.807) is 0 Å². The summed E-state index contributed by atoms with van der Waals surface area (Å²) >= 11 is 4.98. The van der Waals surface area contributed by atoms with Crippen molar-refractivity contribution in [1.82, 2.24) is 4.57 Å². The van der Waals surface area contributed by atoms with Gasteiger partial charge in [0.05, 0.1) is 15.1 Å². The zero-order valence-corrected chi connectivity index (χ0v) is 16.8. The van der Waals surface area contributed by atoms with E-state index in [1.807, 2.05) is 29.7 Å². The van der Waals surface area contributed by atoms with Crippen LogP contribution in [0, 0.1) is 0 Å². The summed E-state index contributed by atoms with van der Waals surface area (Å²) in [4.78, 5) is 17.5. The van der Waals surface area contributed by atoms with Gasteiger partial charge in [-0.3, -0.25) is 4.79 Å². The van der Waals surface area contributed by atoms with Crippen molar-refractivity contribution >= 4 is 53.2 Å². The third kappa shape index (κ3) is 3.61. The highest BCUT2D eigenvalue weighted by molar-refractivity contribution is 9.10. The molecular weight excluding hydrogens is 424 g/mol. The molecule has 3 aromatic rings. The lowest BCUT2D eigenvalue weighted by atomic mass is 10.2. The van der Waals surface area contributed by atoms with Crippen molar-refractivity contribution < 1.29 is 13.2 Å². The van der Waals surface area contributed by atoms with E-state index in [0.717, 1.165) is 20.9 Å². The molecule has 0 aliphatic rings. The molecule has 0 saturated heterocycles. The van der Waals surface area contributed by atoms with Gasteiger partial charge < -0.3 is 4.57 Å². The molecule has 1 heterocycles. The van der Waals surface area contributed by atoms with Crippen LogP contribution >= 0.6 is 27.3 Å².